The predicted molar refractivity (Wildman–Crippen MR) is 87.9 cm³/mol. The molecule has 10 heteroatoms. The van der Waals surface area contributed by atoms with Crippen LogP contribution in [-0.2, 0) is 9.59 Å². The number of aliphatic carboxylic acids is 2. The molecule has 0 spiro atoms. The highest BCUT2D eigenvalue weighted by Crippen LogP contribution is 2.18. The van der Waals surface area contributed by atoms with Crippen LogP contribution < -0.4 is 0 Å². The number of hydrogen-bond acceptors (Lipinski definition) is 8. The maximum Gasteiger partial charge on any atom is 0.382 e. The van der Waals surface area contributed by atoms with Crippen LogP contribution in [0.2, 0.25) is 0 Å². The Bertz CT molecular complexity index is 329. The van der Waals surface area contributed by atoms with Gasteiger partial charge in [-0.2, -0.15) is 0 Å². The summed E-state index contributed by atoms with van der Waals surface area (Å²) in [6, 6.07) is 0. The molecule has 20 heavy (non-hydrogen) atoms. The molecule has 0 aromatic heterocycles. The van der Waals surface area contributed by atoms with Crippen LogP contribution in [0.1, 0.15) is 0 Å². The Morgan fingerprint density at radius 3 is 1.25 bits per heavy atom. The lowest BCUT2D eigenvalue weighted by Crippen LogP contribution is -1.85. The van der Waals surface area contributed by atoms with E-state index in [0.717, 1.165) is 11.5 Å². The van der Waals surface area contributed by atoms with Gasteiger partial charge in [0.05, 0.1) is 13.2 Å². The number of aliphatic hydroxyl groups is 2. The van der Waals surface area contributed by atoms with Gasteiger partial charge in [0.25, 0.3) is 0 Å². The molecular formula is C10H14O6S4. The Morgan fingerprint density at radius 2 is 1.15 bits per heavy atom. The average Bonchev–Trinajstić information content (AvgIpc) is 2.36. The van der Waals surface area contributed by atoms with Crippen LogP contribution in [0.4, 0.5) is 0 Å². The molecule has 0 atom stereocenters. The van der Waals surface area contributed by atoms with Crippen LogP contribution in [0.3, 0.4) is 0 Å². The van der Waals surface area contributed by atoms with E-state index in [4.69, 9.17) is 20.4 Å². The van der Waals surface area contributed by atoms with Crippen molar-refractivity contribution >= 4 is 58.8 Å². The van der Waals surface area contributed by atoms with Crippen molar-refractivity contribution in [3.63, 3.8) is 0 Å². The number of carboxylic acid groups (broad SMARTS) is 2. The Labute approximate surface area is 135 Å². The lowest BCUT2D eigenvalue weighted by Gasteiger charge is -1.93. The molecule has 6 nitrogen and oxygen atoms in total. The van der Waals surface area contributed by atoms with Gasteiger partial charge in [0.2, 0.25) is 0 Å². The van der Waals surface area contributed by atoms with Gasteiger partial charge in [-0.05, 0) is 10.5 Å². The van der Waals surface area contributed by atoms with E-state index in [0.29, 0.717) is 0 Å². The Kier molecular flexibility index (Phi) is 28.6. The van der Waals surface area contributed by atoms with Crippen LogP contribution in [0.15, 0.2) is 0 Å². The summed E-state index contributed by atoms with van der Waals surface area (Å²) < 4.78 is 0. The summed E-state index contributed by atoms with van der Waals surface area (Å²) in [6.45, 7) is 0.451. The lowest BCUT2D eigenvalue weighted by molar-refractivity contribution is -0.131. The lowest BCUT2D eigenvalue weighted by atomic mass is 10.7. The molecule has 0 radical (unpaired) electrons. The average molecular weight is 358 g/mol. The van der Waals surface area contributed by atoms with Crippen LogP contribution in [0, 0.1) is 22.3 Å². The van der Waals surface area contributed by atoms with Crippen molar-refractivity contribution in [2.24, 2.45) is 0 Å². The standard InChI is InChI=1S/C4H10O2S2.2C3H2O2S/c5-1-3-7-8-4-2-6;2*4-3(5)1-2-6/h5-6H,1-4H2;2*6H,(H,4,5). The van der Waals surface area contributed by atoms with Gasteiger partial charge in [0.1, 0.15) is 0 Å². The topological polar surface area (TPSA) is 115 Å². The molecule has 0 aromatic carbocycles. The van der Waals surface area contributed by atoms with E-state index < -0.39 is 11.9 Å². The van der Waals surface area contributed by atoms with E-state index in [2.05, 4.69) is 25.3 Å². The SMILES string of the molecule is O=C(O)C#CS.O=C(O)C#CS.OCCSSCCO. The fraction of sp³-hybridized carbons (Fsp3) is 0.400. The maximum atomic E-state index is 9.38. The molecule has 0 aromatic rings. The summed E-state index contributed by atoms with van der Waals surface area (Å²) >= 11 is 6.64. The fourth-order valence-corrected chi connectivity index (χ4v) is 2.02. The minimum absolute atomic E-state index is 0.225. The number of carboxylic acids is 2. The molecule has 0 rings (SSSR count). The van der Waals surface area contributed by atoms with Crippen molar-refractivity contribution in [2.75, 3.05) is 24.7 Å². The van der Waals surface area contributed by atoms with Crippen LogP contribution in [0.5, 0.6) is 0 Å². The molecule has 0 heterocycles. The Morgan fingerprint density at radius 1 is 0.850 bits per heavy atom. The van der Waals surface area contributed by atoms with Gasteiger partial charge < -0.3 is 20.4 Å². The van der Waals surface area contributed by atoms with Gasteiger partial charge >= 0.3 is 11.9 Å². The zero-order chi connectivity index (χ0) is 16.2. The molecular weight excluding hydrogens is 344 g/mol. The highest BCUT2D eigenvalue weighted by molar-refractivity contribution is 8.76. The molecule has 0 amide bonds. The first kappa shape index (κ1) is 24.4. The summed E-state index contributed by atoms with van der Waals surface area (Å²) in [5.41, 5.74) is 0. The van der Waals surface area contributed by atoms with Gasteiger partial charge in [-0.3, -0.25) is 0 Å². The molecule has 0 saturated heterocycles. The molecule has 4 N–H and O–H groups in total. The van der Waals surface area contributed by atoms with Crippen molar-refractivity contribution in [1.82, 2.24) is 0 Å². The maximum absolute atomic E-state index is 9.38. The van der Waals surface area contributed by atoms with Crippen LogP contribution in [0.25, 0.3) is 0 Å². The van der Waals surface area contributed by atoms with Crippen molar-refractivity contribution in [2.45, 2.75) is 0 Å². The molecule has 0 saturated carbocycles. The zero-order valence-electron chi connectivity index (χ0n) is 10.1. The fourth-order valence-electron chi connectivity index (χ4n) is 0.288. The molecule has 0 bridgehead atoms. The van der Waals surface area contributed by atoms with Crippen LogP contribution in [-0.4, -0.2) is 57.1 Å². The highest BCUT2D eigenvalue weighted by Gasteiger charge is 1.85. The van der Waals surface area contributed by atoms with Gasteiger partial charge in [0.15, 0.2) is 0 Å². The number of carbonyl (C=O) groups is 2. The van der Waals surface area contributed by atoms with Crippen molar-refractivity contribution < 1.29 is 30.0 Å². The van der Waals surface area contributed by atoms with Crippen molar-refractivity contribution in [1.29, 1.82) is 0 Å². The second-order valence-corrected chi connectivity index (χ2v) is 5.32. The summed E-state index contributed by atoms with van der Waals surface area (Å²) in [5.74, 6) is 2.69. The first-order valence-corrected chi connectivity index (χ1v) is 8.06. The number of hydrogen-bond donors (Lipinski definition) is 6. The van der Waals surface area contributed by atoms with Gasteiger partial charge in [-0.1, -0.05) is 46.8 Å². The summed E-state index contributed by atoms with van der Waals surface area (Å²) in [5, 5.41) is 35.7. The Balaban J connectivity index is -0.000000221. The number of rotatable bonds is 5. The monoisotopic (exact) mass is 358 g/mol. The summed E-state index contributed by atoms with van der Waals surface area (Å²) in [4.78, 5) is 18.8. The Hall–Kier alpha value is -0.620. The van der Waals surface area contributed by atoms with E-state index in [1.165, 1.54) is 0 Å². The molecule has 0 aliphatic heterocycles. The number of thiol groups is 2. The summed E-state index contributed by atoms with van der Waals surface area (Å²) in [6.07, 6.45) is 0. The first-order valence-electron chi connectivity index (χ1n) is 4.68. The van der Waals surface area contributed by atoms with E-state index in [9.17, 15) is 9.59 Å². The third-order valence-corrected chi connectivity index (χ3v) is 3.35. The van der Waals surface area contributed by atoms with Crippen molar-refractivity contribution in [3.05, 3.63) is 0 Å². The summed E-state index contributed by atoms with van der Waals surface area (Å²) in [7, 11) is 3.17. The van der Waals surface area contributed by atoms with Gasteiger partial charge in [-0.25, -0.2) is 9.59 Å². The number of aliphatic hydroxyl groups excluding tert-OH is 2. The van der Waals surface area contributed by atoms with E-state index in [1.54, 1.807) is 33.4 Å². The third kappa shape index (κ3) is 43.3. The van der Waals surface area contributed by atoms with E-state index >= 15 is 0 Å². The first-order chi connectivity index (χ1) is 9.45. The third-order valence-electron chi connectivity index (χ3n) is 0.758. The zero-order valence-corrected chi connectivity index (χ0v) is 13.6. The van der Waals surface area contributed by atoms with Crippen LogP contribution >= 0.6 is 46.8 Å². The minimum Gasteiger partial charge on any atom is -0.472 e. The minimum atomic E-state index is -1.15. The second-order valence-electron chi connectivity index (χ2n) is 2.18. The van der Waals surface area contributed by atoms with Gasteiger partial charge in [0, 0.05) is 23.3 Å². The van der Waals surface area contributed by atoms with Crippen molar-refractivity contribution in [3.8, 4) is 22.3 Å². The quantitative estimate of drug-likeness (QED) is 0.180. The molecule has 0 aliphatic carbocycles. The molecule has 0 fully saturated rings. The molecule has 0 unspecified atom stereocenters. The highest BCUT2D eigenvalue weighted by atomic mass is 33.1. The molecule has 0 aliphatic rings. The largest absolute Gasteiger partial charge is 0.472 e. The molecule has 114 valence electrons. The predicted octanol–water partition coefficient (Wildman–Crippen LogP) is 0.276. The van der Waals surface area contributed by atoms with E-state index in [1.807, 2.05) is 10.5 Å². The normalized spacial score (nSPS) is 7.20. The second kappa shape index (κ2) is 23.5. The smallest absolute Gasteiger partial charge is 0.382 e. The van der Waals surface area contributed by atoms with E-state index in [-0.39, 0.29) is 13.2 Å². The van der Waals surface area contributed by atoms with Gasteiger partial charge in [-0.15, -0.1) is 0 Å².